The van der Waals surface area contributed by atoms with Crippen molar-refractivity contribution in [2.45, 2.75) is 64.3 Å². The van der Waals surface area contributed by atoms with Gasteiger partial charge in [-0.3, -0.25) is 4.68 Å². The summed E-state index contributed by atoms with van der Waals surface area (Å²) in [4.78, 5) is 68.8. The second kappa shape index (κ2) is 17.9. The van der Waals surface area contributed by atoms with E-state index in [1.165, 1.54) is 4.68 Å². The van der Waals surface area contributed by atoms with E-state index in [1.54, 1.807) is 119 Å². The summed E-state index contributed by atoms with van der Waals surface area (Å²) < 4.78 is 37.2. The molecule has 1 aliphatic rings. The van der Waals surface area contributed by atoms with Crippen molar-refractivity contribution in [2.75, 3.05) is 13.2 Å². The Bertz CT molecular complexity index is 2180. The van der Waals surface area contributed by atoms with E-state index in [1.807, 2.05) is 30.3 Å². The highest BCUT2D eigenvalue weighted by Gasteiger charge is 2.54. The first-order valence-corrected chi connectivity index (χ1v) is 18.4. The third-order valence-corrected chi connectivity index (χ3v) is 8.71. The number of carbonyl (C=O) groups is 5. The second-order valence-electron chi connectivity index (χ2n) is 14.0. The van der Waals surface area contributed by atoms with Crippen LogP contribution in [0.5, 0.6) is 0 Å². The summed E-state index contributed by atoms with van der Waals surface area (Å²) in [5, 5.41) is 4.59. The zero-order valence-electron chi connectivity index (χ0n) is 31.9. The summed E-state index contributed by atoms with van der Waals surface area (Å²) in [7, 11) is 0. The molecule has 4 aromatic carbocycles. The van der Waals surface area contributed by atoms with Crippen LogP contribution in [-0.4, -0.2) is 76.8 Å². The summed E-state index contributed by atoms with van der Waals surface area (Å²) >= 11 is 0. The Morgan fingerprint density at radius 3 is 1.63 bits per heavy atom. The maximum absolute atomic E-state index is 14.3. The zero-order valence-corrected chi connectivity index (χ0v) is 31.9. The normalized spacial score (nSPS) is 17.6. The summed E-state index contributed by atoms with van der Waals surface area (Å²) in [6, 6.07) is 33.6. The third-order valence-electron chi connectivity index (χ3n) is 8.71. The third kappa shape index (κ3) is 9.80. The number of nitrogens with zero attached hydrogens (tertiary/aromatic N) is 2. The number of aromatic nitrogens is 2. The Morgan fingerprint density at radius 1 is 0.632 bits per heavy atom. The lowest BCUT2D eigenvalue weighted by Crippen LogP contribution is -2.41. The molecule has 0 radical (unpaired) electrons. The summed E-state index contributed by atoms with van der Waals surface area (Å²) in [5.41, 5.74) is -0.402. The molecule has 2 heterocycles. The molecule has 294 valence electrons. The topological polar surface area (TPSA) is 159 Å². The van der Waals surface area contributed by atoms with Crippen molar-refractivity contribution in [3.8, 4) is 0 Å². The van der Waals surface area contributed by atoms with Crippen LogP contribution >= 0.6 is 0 Å². The van der Waals surface area contributed by atoms with Crippen molar-refractivity contribution in [1.82, 2.24) is 9.78 Å². The molecule has 1 saturated heterocycles. The molecule has 6 rings (SSSR count). The van der Waals surface area contributed by atoms with E-state index in [4.69, 9.17) is 28.4 Å². The van der Waals surface area contributed by atoms with E-state index in [9.17, 15) is 24.0 Å². The molecule has 1 aliphatic heterocycles. The zero-order chi connectivity index (χ0) is 40.5. The monoisotopic (exact) mass is 774 g/mol. The van der Waals surface area contributed by atoms with Crippen LogP contribution in [0.4, 0.5) is 0 Å². The Labute approximate surface area is 329 Å². The van der Waals surface area contributed by atoms with Gasteiger partial charge < -0.3 is 28.4 Å². The molecule has 0 N–H and O–H groups in total. The van der Waals surface area contributed by atoms with E-state index >= 15 is 0 Å². The fourth-order valence-corrected chi connectivity index (χ4v) is 6.21. The molecule has 13 heteroatoms. The maximum atomic E-state index is 14.3. The summed E-state index contributed by atoms with van der Waals surface area (Å²) in [5.74, 6) is -4.14. The van der Waals surface area contributed by atoms with Gasteiger partial charge in [0.15, 0.2) is 17.9 Å². The molecule has 0 bridgehead atoms. The van der Waals surface area contributed by atoms with Gasteiger partial charge in [0, 0.05) is 0 Å². The van der Waals surface area contributed by atoms with E-state index in [2.05, 4.69) is 5.10 Å². The lowest BCUT2D eigenvalue weighted by Gasteiger charge is -2.26. The number of esters is 5. The van der Waals surface area contributed by atoms with Crippen LogP contribution in [0.2, 0.25) is 0 Å². The van der Waals surface area contributed by atoms with Gasteiger partial charge in [-0.15, -0.1) is 0 Å². The van der Waals surface area contributed by atoms with Crippen molar-refractivity contribution in [3.63, 3.8) is 0 Å². The van der Waals surface area contributed by atoms with Crippen LogP contribution in [0, 0.1) is 0 Å². The van der Waals surface area contributed by atoms with Gasteiger partial charge in [-0.05, 0) is 69.7 Å². The lowest BCUT2D eigenvalue weighted by atomic mass is 10.00. The first-order valence-electron chi connectivity index (χ1n) is 18.4. The molecule has 1 fully saturated rings. The quantitative estimate of drug-likeness (QED) is 0.0910. The highest BCUT2D eigenvalue weighted by molar-refractivity contribution is 6.03. The fourth-order valence-electron chi connectivity index (χ4n) is 6.21. The van der Waals surface area contributed by atoms with Gasteiger partial charge in [0.1, 0.15) is 30.0 Å². The molecule has 0 amide bonds. The largest absolute Gasteiger partial charge is 0.461 e. The number of carbonyl (C=O) groups excluding carboxylic acids is 5. The highest BCUT2D eigenvalue weighted by Crippen LogP contribution is 2.41. The molecule has 0 spiro atoms. The van der Waals surface area contributed by atoms with Crippen LogP contribution in [0.3, 0.4) is 0 Å². The SMILES string of the molecule is CCOC(=O)c1nn(Cc2ccccc2)c([C@@H]2O[C@H](COC(=O)c3ccccc3)[C@@H](OC(=O)c3ccccc3)[C@H]2OC(=O)c2ccccc2)c1C(=O)OC(C)(C)C. The van der Waals surface area contributed by atoms with Gasteiger partial charge in [0.2, 0.25) is 0 Å². The van der Waals surface area contributed by atoms with Crippen molar-refractivity contribution < 1.29 is 52.4 Å². The average molecular weight is 775 g/mol. The number of hydrogen-bond donors (Lipinski definition) is 0. The number of rotatable bonds is 13. The minimum Gasteiger partial charge on any atom is -0.461 e. The van der Waals surface area contributed by atoms with Gasteiger partial charge >= 0.3 is 29.8 Å². The van der Waals surface area contributed by atoms with Gasteiger partial charge in [-0.2, -0.15) is 5.10 Å². The predicted octanol–water partition coefficient (Wildman–Crippen LogP) is 6.81. The standard InChI is InChI=1S/C44H42N2O11/c1-5-52-43(51)34-33(42(50)57-44(2,3)4)35(46(45-34)26-28-18-10-6-11-19-28)37-38(56-41(49)31-24-16-9-17-25-31)36(55-40(48)30-22-14-8-15-23-30)32(54-37)27-53-39(47)29-20-12-7-13-21-29/h6-25,32,36-38H,5,26-27H2,1-4H3/t32-,36-,37+,38-/m1/s1. The van der Waals surface area contributed by atoms with E-state index < -0.39 is 66.5 Å². The molecule has 13 nitrogen and oxygen atoms in total. The van der Waals surface area contributed by atoms with E-state index in [-0.39, 0.29) is 46.8 Å². The minimum atomic E-state index is -1.51. The first-order chi connectivity index (χ1) is 27.4. The molecular weight excluding hydrogens is 732 g/mol. The van der Waals surface area contributed by atoms with E-state index in [0.29, 0.717) is 0 Å². The van der Waals surface area contributed by atoms with Crippen molar-refractivity contribution >= 4 is 29.8 Å². The molecule has 0 aliphatic carbocycles. The van der Waals surface area contributed by atoms with Crippen molar-refractivity contribution in [3.05, 3.63) is 161 Å². The smallest absolute Gasteiger partial charge is 0.359 e. The van der Waals surface area contributed by atoms with Crippen molar-refractivity contribution in [1.29, 1.82) is 0 Å². The summed E-state index contributed by atoms with van der Waals surface area (Å²) in [6.45, 7) is 6.10. The van der Waals surface area contributed by atoms with Crippen LogP contribution in [0.25, 0.3) is 0 Å². The minimum absolute atomic E-state index is 0.00666. The summed E-state index contributed by atoms with van der Waals surface area (Å²) in [6.07, 6.45) is -5.68. The van der Waals surface area contributed by atoms with Gasteiger partial charge in [0.25, 0.3) is 0 Å². The van der Waals surface area contributed by atoms with Gasteiger partial charge in [-0.25, -0.2) is 24.0 Å². The fraction of sp³-hybridized carbons (Fsp3) is 0.273. The molecule has 0 saturated carbocycles. The highest BCUT2D eigenvalue weighted by atomic mass is 16.7. The van der Waals surface area contributed by atoms with Crippen LogP contribution in [0.1, 0.15) is 97.0 Å². The van der Waals surface area contributed by atoms with Crippen LogP contribution in [-0.2, 0) is 35.0 Å². The Hall–Kier alpha value is -6.60. The Morgan fingerprint density at radius 2 is 1.12 bits per heavy atom. The second-order valence-corrected chi connectivity index (χ2v) is 14.0. The number of ether oxygens (including phenoxy) is 6. The number of benzene rings is 4. The van der Waals surface area contributed by atoms with E-state index in [0.717, 1.165) is 5.56 Å². The van der Waals surface area contributed by atoms with Gasteiger partial charge in [0.05, 0.1) is 35.5 Å². The molecular formula is C44H42N2O11. The van der Waals surface area contributed by atoms with Crippen molar-refractivity contribution in [2.24, 2.45) is 0 Å². The van der Waals surface area contributed by atoms with Crippen LogP contribution < -0.4 is 0 Å². The molecule has 4 atom stereocenters. The number of hydrogen-bond acceptors (Lipinski definition) is 12. The molecule has 57 heavy (non-hydrogen) atoms. The lowest BCUT2D eigenvalue weighted by molar-refractivity contribution is -0.0455. The molecule has 1 aromatic heterocycles. The van der Waals surface area contributed by atoms with Crippen LogP contribution in [0.15, 0.2) is 121 Å². The maximum Gasteiger partial charge on any atom is 0.359 e. The molecule has 5 aromatic rings. The Balaban J connectivity index is 1.53. The predicted molar refractivity (Wildman–Crippen MR) is 205 cm³/mol. The van der Waals surface area contributed by atoms with Gasteiger partial charge in [-0.1, -0.05) is 84.9 Å². The first kappa shape index (κ1) is 40.1. The molecule has 0 unspecified atom stereocenters. The Kier molecular flexibility index (Phi) is 12.6. The average Bonchev–Trinajstić information content (AvgIpc) is 3.75.